The maximum atomic E-state index is 12.1. The molecule has 3 amide bonds. The molecule has 0 aliphatic carbocycles. The van der Waals surface area contributed by atoms with Crippen molar-refractivity contribution in [2.45, 2.75) is 32.4 Å². The number of hydrogen-bond donors (Lipinski definition) is 1. The predicted molar refractivity (Wildman–Crippen MR) is 70.8 cm³/mol. The molecule has 0 bridgehead atoms. The van der Waals surface area contributed by atoms with Gasteiger partial charge in [0.15, 0.2) is 0 Å². The summed E-state index contributed by atoms with van der Waals surface area (Å²) < 4.78 is 5.23. The van der Waals surface area contributed by atoms with E-state index in [2.05, 4.69) is 5.32 Å². The van der Waals surface area contributed by atoms with E-state index in [1.807, 2.05) is 31.2 Å². The number of ether oxygens (including phenoxy) is 1. The van der Waals surface area contributed by atoms with Gasteiger partial charge < -0.3 is 10.1 Å². The molecule has 5 heteroatoms. The molecule has 5 nitrogen and oxygen atoms in total. The average molecular weight is 262 g/mol. The van der Waals surface area contributed by atoms with Gasteiger partial charge in [0.05, 0.1) is 13.7 Å². The zero-order chi connectivity index (χ0) is 13.8. The highest BCUT2D eigenvalue weighted by molar-refractivity contribution is 6.04. The van der Waals surface area contributed by atoms with Crippen molar-refractivity contribution < 1.29 is 14.3 Å². The van der Waals surface area contributed by atoms with Crippen LogP contribution in [-0.2, 0) is 11.3 Å². The van der Waals surface area contributed by atoms with Crippen LogP contribution >= 0.6 is 0 Å². The fraction of sp³-hybridized carbons (Fsp3) is 0.429. The molecule has 1 heterocycles. The number of rotatable bonds is 5. The predicted octanol–water partition coefficient (Wildman–Crippen LogP) is 1.92. The van der Waals surface area contributed by atoms with Crippen LogP contribution in [-0.4, -0.2) is 30.0 Å². The van der Waals surface area contributed by atoms with Gasteiger partial charge in [-0.25, -0.2) is 4.79 Å². The largest absolute Gasteiger partial charge is 0.496 e. The Hall–Kier alpha value is -2.04. The normalized spacial score (nSPS) is 18.6. The second-order valence-corrected chi connectivity index (χ2v) is 4.53. The number of nitrogens with zero attached hydrogens (tertiary/aromatic N) is 1. The van der Waals surface area contributed by atoms with E-state index in [0.29, 0.717) is 12.2 Å². The third kappa shape index (κ3) is 2.70. The van der Waals surface area contributed by atoms with E-state index in [-0.39, 0.29) is 24.5 Å². The van der Waals surface area contributed by atoms with Crippen LogP contribution < -0.4 is 10.1 Å². The summed E-state index contributed by atoms with van der Waals surface area (Å²) in [5.74, 6) is 0.528. The molecule has 2 rings (SSSR count). The minimum absolute atomic E-state index is 0.155. The van der Waals surface area contributed by atoms with Gasteiger partial charge in [-0.15, -0.1) is 0 Å². The molecular weight excluding hydrogens is 244 g/mol. The van der Waals surface area contributed by atoms with Gasteiger partial charge in [0, 0.05) is 5.56 Å². The Balaban J connectivity index is 2.14. The quantitative estimate of drug-likeness (QED) is 0.825. The molecule has 19 heavy (non-hydrogen) atoms. The highest BCUT2D eigenvalue weighted by Gasteiger charge is 2.37. The van der Waals surface area contributed by atoms with Crippen LogP contribution in [0.1, 0.15) is 25.3 Å². The summed E-state index contributed by atoms with van der Waals surface area (Å²) in [5.41, 5.74) is 0.825. The minimum Gasteiger partial charge on any atom is -0.496 e. The van der Waals surface area contributed by atoms with Crippen LogP contribution in [0.15, 0.2) is 24.3 Å². The minimum atomic E-state index is -0.382. The lowest BCUT2D eigenvalue weighted by molar-refractivity contribution is -0.128. The van der Waals surface area contributed by atoms with E-state index in [9.17, 15) is 9.59 Å². The van der Waals surface area contributed by atoms with Crippen LogP contribution in [0.25, 0.3) is 0 Å². The maximum Gasteiger partial charge on any atom is 0.325 e. The summed E-state index contributed by atoms with van der Waals surface area (Å²) in [6, 6.07) is 6.68. The number of carbonyl (C=O) groups is 2. The zero-order valence-electron chi connectivity index (χ0n) is 11.2. The third-order valence-electron chi connectivity index (χ3n) is 3.21. The first-order valence-corrected chi connectivity index (χ1v) is 6.41. The fourth-order valence-electron chi connectivity index (χ4n) is 2.21. The first-order valence-electron chi connectivity index (χ1n) is 6.41. The van der Waals surface area contributed by atoms with Crippen molar-refractivity contribution in [2.75, 3.05) is 7.11 Å². The van der Waals surface area contributed by atoms with E-state index in [0.717, 1.165) is 12.0 Å². The summed E-state index contributed by atoms with van der Waals surface area (Å²) in [6.07, 6.45) is 1.53. The zero-order valence-corrected chi connectivity index (χ0v) is 11.2. The Bertz CT molecular complexity index is 487. The van der Waals surface area contributed by atoms with Crippen molar-refractivity contribution in [1.29, 1.82) is 0 Å². The van der Waals surface area contributed by atoms with Gasteiger partial charge in [-0.2, -0.15) is 0 Å². The monoisotopic (exact) mass is 262 g/mol. The van der Waals surface area contributed by atoms with Gasteiger partial charge in [-0.1, -0.05) is 31.5 Å². The molecule has 0 spiro atoms. The Morgan fingerprint density at radius 3 is 2.74 bits per heavy atom. The molecule has 1 aromatic carbocycles. The topological polar surface area (TPSA) is 58.6 Å². The Kier molecular flexibility index (Phi) is 4.04. The molecule has 1 atom stereocenters. The number of para-hydroxylation sites is 1. The standard InChI is InChI=1S/C14H18N2O3/c1-3-6-11-13(17)16(14(18)15-11)9-10-7-4-5-8-12(10)19-2/h4-5,7-8,11H,3,6,9H2,1-2H3,(H,15,18)/t11-/m1/s1. The number of imide groups is 1. The molecule has 0 aromatic heterocycles. The molecular formula is C14H18N2O3. The number of methoxy groups -OCH3 is 1. The van der Waals surface area contributed by atoms with Gasteiger partial charge in [0.1, 0.15) is 11.8 Å². The molecule has 1 aromatic rings. The lowest BCUT2D eigenvalue weighted by Crippen LogP contribution is -2.31. The van der Waals surface area contributed by atoms with Gasteiger partial charge in [-0.3, -0.25) is 9.69 Å². The second-order valence-electron chi connectivity index (χ2n) is 4.53. The van der Waals surface area contributed by atoms with Gasteiger partial charge in [0.25, 0.3) is 5.91 Å². The highest BCUT2D eigenvalue weighted by Crippen LogP contribution is 2.21. The van der Waals surface area contributed by atoms with Crippen molar-refractivity contribution in [3.63, 3.8) is 0 Å². The lowest BCUT2D eigenvalue weighted by atomic mass is 10.1. The molecule has 0 saturated carbocycles. The van der Waals surface area contributed by atoms with Crippen LogP contribution in [0.4, 0.5) is 4.79 Å². The van der Waals surface area contributed by atoms with E-state index in [4.69, 9.17) is 4.74 Å². The fourth-order valence-corrected chi connectivity index (χ4v) is 2.21. The van der Waals surface area contributed by atoms with Gasteiger partial charge in [0.2, 0.25) is 0 Å². The first-order chi connectivity index (χ1) is 9.17. The number of benzene rings is 1. The van der Waals surface area contributed by atoms with Crippen LogP contribution in [0.2, 0.25) is 0 Å². The highest BCUT2D eigenvalue weighted by atomic mass is 16.5. The number of amides is 3. The molecule has 0 radical (unpaired) electrons. The summed E-state index contributed by atoms with van der Waals surface area (Å²) >= 11 is 0. The van der Waals surface area contributed by atoms with E-state index < -0.39 is 0 Å². The number of nitrogens with one attached hydrogen (secondary N) is 1. The summed E-state index contributed by atoms with van der Waals surface area (Å²) in [7, 11) is 1.57. The molecule has 1 N–H and O–H groups in total. The van der Waals surface area contributed by atoms with Gasteiger partial charge in [-0.05, 0) is 12.5 Å². The molecule has 1 aliphatic heterocycles. The molecule has 1 fully saturated rings. The number of urea groups is 1. The Morgan fingerprint density at radius 2 is 2.05 bits per heavy atom. The smallest absolute Gasteiger partial charge is 0.325 e. The third-order valence-corrected chi connectivity index (χ3v) is 3.21. The molecule has 1 saturated heterocycles. The Labute approximate surface area is 112 Å². The van der Waals surface area contributed by atoms with E-state index in [1.54, 1.807) is 7.11 Å². The van der Waals surface area contributed by atoms with E-state index in [1.165, 1.54) is 4.90 Å². The lowest BCUT2D eigenvalue weighted by Gasteiger charge is -2.15. The second kappa shape index (κ2) is 5.73. The molecule has 0 unspecified atom stereocenters. The molecule has 1 aliphatic rings. The maximum absolute atomic E-state index is 12.1. The van der Waals surface area contributed by atoms with Crippen LogP contribution in [0.3, 0.4) is 0 Å². The SMILES string of the molecule is CCC[C@H]1NC(=O)N(Cc2ccccc2OC)C1=O. The van der Waals surface area contributed by atoms with Crippen molar-refractivity contribution in [1.82, 2.24) is 10.2 Å². The summed E-state index contributed by atoms with van der Waals surface area (Å²) in [4.78, 5) is 25.2. The van der Waals surface area contributed by atoms with Gasteiger partial charge >= 0.3 is 6.03 Å². The summed E-state index contributed by atoms with van der Waals surface area (Å²) in [6.45, 7) is 2.23. The average Bonchev–Trinajstić information content (AvgIpc) is 2.68. The summed E-state index contributed by atoms with van der Waals surface area (Å²) in [5, 5.41) is 2.71. The van der Waals surface area contributed by atoms with Crippen molar-refractivity contribution in [3.8, 4) is 5.75 Å². The Morgan fingerprint density at radius 1 is 1.32 bits per heavy atom. The van der Waals surface area contributed by atoms with Crippen LogP contribution in [0.5, 0.6) is 5.75 Å². The first kappa shape index (κ1) is 13.4. The van der Waals surface area contributed by atoms with Crippen molar-refractivity contribution in [3.05, 3.63) is 29.8 Å². The van der Waals surface area contributed by atoms with Crippen molar-refractivity contribution >= 4 is 11.9 Å². The number of carbonyl (C=O) groups excluding carboxylic acids is 2. The number of hydrogen-bond acceptors (Lipinski definition) is 3. The van der Waals surface area contributed by atoms with E-state index >= 15 is 0 Å². The van der Waals surface area contributed by atoms with Crippen molar-refractivity contribution in [2.24, 2.45) is 0 Å². The van der Waals surface area contributed by atoms with Crippen LogP contribution in [0, 0.1) is 0 Å². The molecule has 102 valence electrons.